The second kappa shape index (κ2) is 8.86. The summed E-state index contributed by atoms with van der Waals surface area (Å²) in [7, 11) is 0. The van der Waals surface area contributed by atoms with Crippen molar-refractivity contribution >= 4 is 0 Å². The molecule has 1 saturated heterocycles. The molecule has 0 unspecified atom stereocenters. The van der Waals surface area contributed by atoms with E-state index in [1.807, 2.05) is 30.3 Å². The second-order valence-electron chi connectivity index (χ2n) is 6.43. The van der Waals surface area contributed by atoms with E-state index in [1.54, 1.807) is 0 Å². The van der Waals surface area contributed by atoms with Gasteiger partial charge >= 0.3 is 0 Å². The number of benzene rings is 2. The highest BCUT2D eigenvalue weighted by Gasteiger charge is 2.21. The normalized spacial score (nSPS) is 16.7. The fourth-order valence-corrected chi connectivity index (χ4v) is 3.33. The van der Waals surface area contributed by atoms with Gasteiger partial charge in [-0.25, -0.2) is 0 Å². The van der Waals surface area contributed by atoms with Crippen LogP contribution in [0.2, 0.25) is 0 Å². The molecule has 3 rings (SSSR count). The fraction of sp³-hybridized carbons (Fsp3) is 0.429. The number of piperazine rings is 1. The molecule has 1 N–H and O–H groups in total. The van der Waals surface area contributed by atoms with Crippen molar-refractivity contribution in [2.45, 2.75) is 32.2 Å². The molecule has 3 nitrogen and oxygen atoms in total. The summed E-state index contributed by atoms with van der Waals surface area (Å²) in [6, 6.07) is 19.2. The lowest BCUT2D eigenvalue weighted by molar-refractivity contribution is 0.163. The van der Waals surface area contributed by atoms with Crippen LogP contribution >= 0.6 is 0 Å². The predicted molar refractivity (Wildman–Crippen MR) is 99.7 cm³/mol. The van der Waals surface area contributed by atoms with Gasteiger partial charge in [0.1, 0.15) is 11.5 Å². The molecule has 2 aromatic rings. The number of para-hydroxylation sites is 1. The fourth-order valence-electron chi connectivity index (χ4n) is 3.33. The van der Waals surface area contributed by atoms with Crippen molar-refractivity contribution in [3.63, 3.8) is 0 Å². The van der Waals surface area contributed by atoms with Gasteiger partial charge in [0.15, 0.2) is 0 Å². The summed E-state index contributed by atoms with van der Waals surface area (Å²) in [5, 5.41) is 3.45. The van der Waals surface area contributed by atoms with Crippen molar-refractivity contribution in [1.82, 2.24) is 10.2 Å². The van der Waals surface area contributed by atoms with Crippen LogP contribution in [0.1, 0.15) is 37.8 Å². The first kappa shape index (κ1) is 17.0. The maximum Gasteiger partial charge on any atom is 0.127 e. The Morgan fingerprint density at radius 3 is 2.29 bits per heavy atom. The summed E-state index contributed by atoms with van der Waals surface area (Å²) in [6.07, 6.45) is 3.75. The molecule has 3 heteroatoms. The van der Waals surface area contributed by atoms with E-state index in [0.29, 0.717) is 6.04 Å². The van der Waals surface area contributed by atoms with Crippen molar-refractivity contribution in [2.24, 2.45) is 0 Å². The monoisotopic (exact) mass is 324 g/mol. The molecule has 0 spiro atoms. The van der Waals surface area contributed by atoms with Gasteiger partial charge < -0.3 is 10.1 Å². The summed E-state index contributed by atoms with van der Waals surface area (Å²) in [6.45, 7) is 6.73. The quantitative estimate of drug-likeness (QED) is 0.804. The summed E-state index contributed by atoms with van der Waals surface area (Å²) < 4.78 is 5.92. The number of nitrogens with zero attached hydrogens (tertiary/aromatic N) is 1. The van der Waals surface area contributed by atoms with Crippen molar-refractivity contribution in [3.05, 3.63) is 60.2 Å². The third-order valence-electron chi connectivity index (χ3n) is 4.67. The van der Waals surface area contributed by atoms with E-state index in [-0.39, 0.29) is 0 Å². The molecule has 1 fully saturated rings. The molecule has 0 saturated carbocycles. The Balaban J connectivity index is 1.70. The SMILES string of the molecule is CCCC[C@@H](c1ccc(Oc2ccccc2)cc1)N1CCNCC1. The largest absolute Gasteiger partial charge is 0.457 e. The minimum absolute atomic E-state index is 0.526. The maximum atomic E-state index is 5.92. The number of ether oxygens (including phenoxy) is 1. The second-order valence-corrected chi connectivity index (χ2v) is 6.43. The van der Waals surface area contributed by atoms with Crippen LogP contribution in [0, 0.1) is 0 Å². The highest BCUT2D eigenvalue weighted by Crippen LogP contribution is 2.29. The first-order chi connectivity index (χ1) is 11.9. The van der Waals surface area contributed by atoms with Crippen LogP contribution in [0.25, 0.3) is 0 Å². The van der Waals surface area contributed by atoms with Crippen molar-refractivity contribution in [3.8, 4) is 11.5 Å². The summed E-state index contributed by atoms with van der Waals surface area (Å²) >= 11 is 0. The minimum Gasteiger partial charge on any atom is -0.457 e. The molecule has 24 heavy (non-hydrogen) atoms. The average molecular weight is 324 g/mol. The van der Waals surface area contributed by atoms with E-state index in [0.717, 1.165) is 37.7 Å². The van der Waals surface area contributed by atoms with Crippen LogP contribution in [0.3, 0.4) is 0 Å². The molecule has 0 radical (unpaired) electrons. The first-order valence-corrected chi connectivity index (χ1v) is 9.14. The lowest BCUT2D eigenvalue weighted by Gasteiger charge is -2.35. The van der Waals surface area contributed by atoms with Crippen molar-refractivity contribution in [1.29, 1.82) is 0 Å². The third-order valence-corrected chi connectivity index (χ3v) is 4.67. The lowest BCUT2D eigenvalue weighted by Crippen LogP contribution is -2.45. The molecule has 128 valence electrons. The molecule has 1 aliphatic heterocycles. The van der Waals surface area contributed by atoms with Gasteiger partial charge in [-0.2, -0.15) is 0 Å². The summed E-state index contributed by atoms with van der Waals surface area (Å²) in [5.74, 6) is 1.79. The van der Waals surface area contributed by atoms with Crippen molar-refractivity contribution in [2.75, 3.05) is 26.2 Å². The Morgan fingerprint density at radius 1 is 0.958 bits per heavy atom. The van der Waals surface area contributed by atoms with Gasteiger partial charge in [0, 0.05) is 32.2 Å². The van der Waals surface area contributed by atoms with E-state index in [1.165, 1.54) is 24.8 Å². The Bertz CT molecular complexity index is 591. The zero-order chi connectivity index (χ0) is 16.6. The van der Waals surface area contributed by atoms with Gasteiger partial charge in [-0.1, -0.05) is 50.1 Å². The molecule has 0 aliphatic carbocycles. The Kier molecular flexibility index (Phi) is 6.27. The Labute approximate surface area is 145 Å². The van der Waals surface area contributed by atoms with Gasteiger partial charge in [0.2, 0.25) is 0 Å². The Hall–Kier alpha value is -1.84. The third kappa shape index (κ3) is 4.59. The predicted octanol–water partition coefficient (Wildman–Crippen LogP) is 4.62. The molecule has 0 amide bonds. The van der Waals surface area contributed by atoms with Crippen LogP contribution in [0.5, 0.6) is 11.5 Å². The summed E-state index contributed by atoms with van der Waals surface area (Å²) in [5.41, 5.74) is 1.41. The molecule has 0 aromatic heterocycles. The molecule has 0 bridgehead atoms. The number of rotatable bonds is 7. The number of hydrogen-bond acceptors (Lipinski definition) is 3. The maximum absolute atomic E-state index is 5.92. The van der Waals surface area contributed by atoms with Crippen molar-refractivity contribution < 1.29 is 4.74 Å². The molecular formula is C21H28N2O. The van der Waals surface area contributed by atoms with E-state index < -0.39 is 0 Å². The van der Waals surface area contributed by atoms with E-state index in [2.05, 4.69) is 41.4 Å². The summed E-state index contributed by atoms with van der Waals surface area (Å²) in [4.78, 5) is 2.62. The van der Waals surface area contributed by atoms with Crippen LogP contribution in [0.4, 0.5) is 0 Å². The molecule has 2 aromatic carbocycles. The van der Waals surface area contributed by atoms with Crippen LogP contribution in [-0.4, -0.2) is 31.1 Å². The molecule has 1 atom stereocenters. The van der Waals surface area contributed by atoms with Gasteiger partial charge in [-0.3, -0.25) is 4.90 Å². The Morgan fingerprint density at radius 2 is 1.62 bits per heavy atom. The topological polar surface area (TPSA) is 24.5 Å². The average Bonchev–Trinajstić information content (AvgIpc) is 2.65. The highest BCUT2D eigenvalue weighted by molar-refractivity contribution is 5.34. The van der Waals surface area contributed by atoms with Gasteiger partial charge in [0.25, 0.3) is 0 Å². The molecule has 1 aliphatic rings. The van der Waals surface area contributed by atoms with E-state index in [9.17, 15) is 0 Å². The van der Waals surface area contributed by atoms with E-state index in [4.69, 9.17) is 4.74 Å². The van der Waals surface area contributed by atoms with Gasteiger partial charge in [-0.15, -0.1) is 0 Å². The number of hydrogen-bond donors (Lipinski definition) is 1. The molecular weight excluding hydrogens is 296 g/mol. The highest BCUT2D eigenvalue weighted by atomic mass is 16.5. The minimum atomic E-state index is 0.526. The zero-order valence-corrected chi connectivity index (χ0v) is 14.6. The number of nitrogens with one attached hydrogen (secondary N) is 1. The first-order valence-electron chi connectivity index (χ1n) is 9.14. The van der Waals surface area contributed by atoms with Crippen LogP contribution in [0.15, 0.2) is 54.6 Å². The van der Waals surface area contributed by atoms with Crippen LogP contribution in [-0.2, 0) is 0 Å². The smallest absolute Gasteiger partial charge is 0.127 e. The molecule has 1 heterocycles. The van der Waals surface area contributed by atoms with E-state index >= 15 is 0 Å². The van der Waals surface area contributed by atoms with Crippen LogP contribution < -0.4 is 10.1 Å². The standard InChI is InChI=1S/C21H28N2O/c1-2-3-9-21(23-16-14-22-15-17-23)18-10-12-20(13-11-18)24-19-7-5-4-6-8-19/h4-8,10-13,21-22H,2-3,9,14-17H2,1H3/t21-/m0/s1. The number of unbranched alkanes of at least 4 members (excludes halogenated alkanes) is 1. The van der Waals surface area contributed by atoms with Gasteiger partial charge in [0.05, 0.1) is 0 Å². The van der Waals surface area contributed by atoms with Gasteiger partial charge in [-0.05, 0) is 36.2 Å². The lowest BCUT2D eigenvalue weighted by atomic mass is 9.98. The zero-order valence-electron chi connectivity index (χ0n) is 14.6.